The molecule has 0 saturated carbocycles. The van der Waals surface area contributed by atoms with Crippen molar-refractivity contribution in [3.63, 3.8) is 0 Å². The van der Waals surface area contributed by atoms with E-state index in [2.05, 4.69) is 0 Å². The fraction of sp³-hybridized carbons (Fsp3) is 0.429. The minimum absolute atomic E-state index is 0.172. The zero-order valence-electron chi connectivity index (χ0n) is 17.0. The van der Waals surface area contributed by atoms with Gasteiger partial charge in [0.05, 0.1) is 17.8 Å². The lowest BCUT2D eigenvalue weighted by Gasteiger charge is -2.32. The molecule has 1 aliphatic heterocycles. The molecule has 7 heteroatoms. The van der Waals surface area contributed by atoms with Crippen LogP contribution in [0.3, 0.4) is 0 Å². The molecular weight excluding hydrogens is 362 g/mol. The van der Waals surface area contributed by atoms with Crippen LogP contribution in [0.4, 0.5) is 4.39 Å². The highest BCUT2D eigenvalue weighted by Gasteiger charge is 2.52. The molecule has 2 aromatic rings. The van der Waals surface area contributed by atoms with Crippen LogP contribution in [0.1, 0.15) is 33.3 Å². The lowest BCUT2D eigenvalue weighted by Crippen LogP contribution is -2.41. The van der Waals surface area contributed by atoms with Gasteiger partial charge in [-0.15, -0.1) is 0 Å². The van der Waals surface area contributed by atoms with Gasteiger partial charge < -0.3 is 23.5 Å². The predicted octanol–water partition coefficient (Wildman–Crippen LogP) is 4.04. The second kappa shape index (κ2) is 8.21. The number of halogens is 1. The van der Waals surface area contributed by atoms with Crippen molar-refractivity contribution in [1.82, 2.24) is 0 Å². The van der Waals surface area contributed by atoms with E-state index in [0.717, 1.165) is 11.0 Å². The van der Waals surface area contributed by atoms with Crippen molar-refractivity contribution in [2.45, 2.75) is 45.5 Å². The van der Waals surface area contributed by atoms with Crippen molar-refractivity contribution in [3.8, 4) is 11.5 Å². The Labute approximate surface area is 165 Å². The second-order valence-electron chi connectivity index (χ2n) is 7.76. The normalized spacial score (nSPS) is 17.7. The van der Waals surface area contributed by atoms with Crippen LogP contribution in [0, 0.1) is 5.82 Å². The zero-order valence-corrected chi connectivity index (χ0v) is 17.0. The highest BCUT2D eigenvalue weighted by Crippen LogP contribution is 2.37. The summed E-state index contributed by atoms with van der Waals surface area (Å²) in [5.74, 6) is 0.855. The van der Waals surface area contributed by atoms with Crippen LogP contribution in [-0.4, -0.2) is 32.2 Å². The van der Waals surface area contributed by atoms with Gasteiger partial charge in [-0.3, -0.25) is 0 Å². The van der Waals surface area contributed by atoms with Crippen molar-refractivity contribution in [3.05, 3.63) is 53.8 Å². The summed E-state index contributed by atoms with van der Waals surface area (Å²) in [6, 6.07) is 11.5. The molecule has 1 saturated heterocycles. The molecule has 0 radical (unpaired) electrons. The highest BCUT2D eigenvalue weighted by atomic mass is 19.1. The third-order valence-corrected chi connectivity index (χ3v) is 5.13. The van der Waals surface area contributed by atoms with Gasteiger partial charge in [-0.1, -0.05) is 6.07 Å². The summed E-state index contributed by atoms with van der Waals surface area (Å²) in [5.41, 5.74) is 0.869. The van der Waals surface area contributed by atoms with Crippen molar-refractivity contribution < 1.29 is 27.9 Å². The number of benzene rings is 2. The van der Waals surface area contributed by atoms with Crippen LogP contribution >= 0.6 is 0 Å². The van der Waals surface area contributed by atoms with Gasteiger partial charge >= 0.3 is 7.12 Å². The van der Waals surface area contributed by atoms with Crippen molar-refractivity contribution in [2.24, 2.45) is 0 Å². The fourth-order valence-corrected chi connectivity index (χ4v) is 2.84. The second-order valence-corrected chi connectivity index (χ2v) is 7.76. The predicted molar refractivity (Wildman–Crippen MR) is 105 cm³/mol. The van der Waals surface area contributed by atoms with Crippen LogP contribution in [0.5, 0.6) is 11.5 Å². The van der Waals surface area contributed by atoms with Gasteiger partial charge in [-0.25, -0.2) is 4.39 Å². The van der Waals surface area contributed by atoms with E-state index < -0.39 is 18.3 Å². The van der Waals surface area contributed by atoms with Gasteiger partial charge in [0, 0.05) is 7.11 Å². The van der Waals surface area contributed by atoms with Gasteiger partial charge in [0.1, 0.15) is 24.1 Å². The summed E-state index contributed by atoms with van der Waals surface area (Å²) in [5, 5.41) is 0. The quantitative estimate of drug-likeness (QED) is 0.407. The topological polar surface area (TPSA) is 46.2 Å². The average Bonchev–Trinajstić information content (AvgIpc) is 2.85. The minimum atomic E-state index is -0.508. The van der Waals surface area contributed by atoms with Crippen LogP contribution in [-0.2, 0) is 25.4 Å². The Kier molecular flexibility index (Phi) is 6.10. The first kappa shape index (κ1) is 20.8. The third kappa shape index (κ3) is 4.55. The Morgan fingerprint density at radius 1 is 0.929 bits per heavy atom. The van der Waals surface area contributed by atoms with Gasteiger partial charge in [0.2, 0.25) is 0 Å². The van der Waals surface area contributed by atoms with Crippen LogP contribution < -0.4 is 10.2 Å². The summed E-state index contributed by atoms with van der Waals surface area (Å²) >= 11 is 0. The monoisotopic (exact) mass is 388 g/mol. The molecule has 0 unspecified atom stereocenters. The number of hydrogen-bond acceptors (Lipinski definition) is 5. The molecule has 150 valence electrons. The van der Waals surface area contributed by atoms with E-state index >= 15 is 0 Å². The molecule has 0 N–H and O–H groups in total. The van der Waals surface area contributed by atoms with Crippen LogP contribution in [0.25, 0.3) is 0 Å². The molecule has 0 atom stereocenters. The molecule has 1 heterocycles. The Bertz CT molecular complexity index is 791. The minimum Gasteiger partial charge on any atom is -0.457 e. The number of hydrogen-bond donors (Lipinski definition) is 0. The molecule has 0 spiro atoms. The van der Waals surface area contributed by atoms with Gasteiger partial charge in [-0.05, 0) is 75.1 Å². The van der Waals surface area contributed by atoms with Gasteiger partial charge in [0.25, 0.3) is 0 Å². The van der Waals surface area contributed by atoms with Crippen molar-refractivity contribution >= 4 is 12.6 Å². The number of ether oxygens (including phenoxy) is 3. The van der Waals surface area contributed by atoms with E-state index in [-0.39, 0.29) is 12.6 Å². The summed E-state index contributed by atoms with van der Waals surface area (Å²) < 4.78 is 41.8. The van der Waals surface area contributed by atoms with Gasteiger partial charge in [-0.2, -0.15) is 0 Å². The number of methoxy groups -OCH3 is 1. The molecule has 0 bridgehead atoms. The molecule has 28 heavy (non-hydrogen) atoms. The first-order chi connectivity index (χ1) is 13.2. The SMILES string of the molecule is COCOCc1cc(Oc2ccc(F)cc2)ccc1B1OC(C)(C)C(C)(C)O1. The maximum Gasteiger partial charge on any atom is 0.495 e. The first-order valence-electron chi connectivity index (χ1n) is 9.20. The van der Waals surface area contributed by atoms with E-state index in [1.54, 1.807) is 19.2 Å². The van der Waals surface area contributed by atoms with E-state index in [4.69, 9.17) is 23.5 Å². The van der Waals surface area contributed by atoms with E-state index in [9.17, 15) is 4.39 Å². The van der Waals surface area contributed by atoms with E-state index in [1.807, 2.05) is 45.9 Å². The smallest absolute Gasteiger partial charge is 0.457 e. The van der Waals surface area contributed by atoms with E-state index in [1.165, 1.54) is 12.1 Å². The molecular formula is C21H26BFO5. The summed E-state index contributed by atoms with van der Waals surface area (Å²) in [6.07, 6.45) is 0. The number of rotatable bonds is 7. The molecule has 0 aliphatic carbocycles. The molecule has 0 aromatic heterocycles. The standard InChI is InChI=1S/C21H26BFO5/c1-20(2)21(3,4)28-22(27-20)19-11-10-18(12-15(19)13-25-14-24-5)26-17-8-6-16(23)7-9-17/h6-12H,13-14H2,1-5H3. The molecule has 5 nitrogen and oxygen atoms in total. The lowest BCUT2D eigenvalue weighted by molar-refractivity contribution is -0.0389. The first-order valence-corrected chi connectivity index (χ1v) is 9.20. The summed E-state index contributed by atoms with van der Waals surface area (Å²) in [6.45, 7) is 8.54. The maximum absolute atomic E-state index is 13.1. The Morgan fingerprint density at radius 2 is 1.54 bits per heavy atom. The molecule has 2 aromatic carbocycles. The fourth-order valence-electron chi connectivity index (χ4n) is 2.84. The molecule has 3 rings (SSSR count). The Hall–Kier alpha value is -1.93. The molecule has 1 aliphatic rings. The molecule has 0 amide bonds. The van der Waals surface area contributed by atoms with Crippen molar-refractivity contribution in [1.29, 1.82) is 0 Å². The molecule has 1 fully saturated rings. The average molecular weight is 388 g/mol. The third-order valence-electron chi connectivity index (χ3n) is 5.13. The van der Waals surface area contributed by atoms with Gasteiger partial charge in [0.15, 0.2) is 0 Å². The Morgan fingerprint density at radius 3 is 2.14 bits per heavy atom. The lowest BCUT2D eigenvalue weighted by atomic mass is 9.76. The Balaban J connectivity index is 1.86. The highest BCUT2D eigenvalue weighted by molar-refractivity contribution is 6.62. The van der Waals surface area contributed by atoms with Crippen LogP contribution in [0.15, 0.2) is 42.5 Å². The maximum atomic E-state index is 13.1. The zero-order chi connectivity index (χ0) is 20.4. The summed E-state index contributed by atoms with van der Waals surface area (Å²) in [7, 11) is 1.06. The van der Waals surface area contributed by atoms with Crippen LogP contribution in [0.2, 0.25) is 0 Å². The van der Waals surface area contributed by atoms with E-state index in [0.29, 0.717) is 18.1 Å². The largest absolute Gasteiger partial charge is 0.495 e. The summed E-state index contributed by atoms with van der Waals surface area (Å²) in [4.78, 5) is 0. The van der Waals surface area contributed by atoms with Crippen molar-refractivity contribution in [2.75, 3.05) is 13.9 Å².